The molecule has 8 heteroatoms. The molecule has 0 aromatic heterocycles. The average molecular weight is 401 g/mol. The van der Waals surface area contributed by atoms with Crippen molar-refractivity contribution in [2.45, 2.75) is 63.8 Å². The van der Waals surface area contributed by atoms with E-state index in [1.54, 1.807) is 12.2 Å². The quantitative estimate of drug-likeness (QED) is 0.115. The van der Waals surface area contributed by atoms with Crippen molar-refractivity contribution in [3.8, 4) is 0 Å². The van der Waals surface area contributed by atoms with Gasteiger partial charge in [-0.15, -0.1) is 13.2 Å². The van der Waals surface area contributed by atoms with E-state index in [9.17, 15) is 24.3 Å². The summed E-state index contributed by atoms with van der Waals surface area (Å²) in [5.41, 5.74) is 0. The number of aliphatic carboxylic acids is 1. The molecule has 0 aromatic carbocycles. The molecule has 0 aliphatic carbocycles. The number of esters is 1. The van der Waals surface area contributed by atoms with Gasteiger partial charge in [-0.3, -0.25) is 19.3 Å². The third-order valence-corrected chi connectivity index (χ3v) is 3.79. The summed E-state index contributed by atoms with van der Waals surface area (Å²) < 4.78 is 4.52. The van der Waals surface area contributed by atoms with Crippen molar-refractivity contribution in [1.29, 1.82) is 0 Å². The van der Waals surface area contributed by atoms with Crippen molar-refractivity contribution in [3.63, 3.8) is 0 Å². The van der Waals surface area contributed by atoms with Gasteiger partial charge in [-0.1, -0.05) is 18.7 Å². The molecule has 0 radical (unpaired) electrons. The van der Waals surface area contributed by atoms with Crippen LogP contribution in [-0.2, 0) is 23.9 Å². The van der Waals surface area contributed by atoms with Crippen LogP contribution in [0.1, 0.15) is 57.8 Å². The van der Waals surface area contributed by atoms with Crippen molar-refractivity contribution in [1.82, 2.24) is 4.90 Å². The van der Waals surface area contributed by atoms with E-state index in [0.717, 1.165) is 6.26 Å². The van der Waals surface area contributed by atoms with Crippen LogP contribution in [0.25, 0.3) is 0 Å². The maximum atomic E-state index is 12.5. The van der Waals surface area contributed by atoms with Crippen molar-refractivity contribution >= 4 is 23.8 Å². The first-order valence-electron chi connectivity index (χ1n) is 8.96. The fourth-order valence-corrected chi connectivity index (χ4v) is 2.44. The average Bonchev–Trinajstić information content (AvgIpc) is 2.62. The first kappa shape index (κ1) is 28.5. The minimum Gasteiger partial charge on any atom is -0.548 e. The van der Waals surface area contributed by atoms with Crippen molar-refractivity contribution in [3.05, 3.63) is 38.2 Å². The Hall–Kier alpha value is -1.70. The molecule has 7 nitrogen and oxygen atoms in total. The Morgan fingerprint density at radius 3 is 1.71 bits per heavy atom. The van der Waals surface area contributed by atoms with Crippen LogP contribution in [0.4, 0.5) is 0 Å². The van der Waals surface area contributed by atoms with E-state index in [0.29, 0.717) is 43.4 Å². The molecule has 1 unspecified atom stereocenters. The second-order valence-electron chi connectivity index (χ2n) is 5.92. The Morgan fingerprint density at radius 2 is 1.36 bits per heavy atom. The molecule has 1 atom stereocenters. The number of imide groups is 1. The Labute approximate surface area is 188 Å². The molecule has 0 N–H and O–H groups in total. The maximum Gasteiger partial charge on any atom is 1.00 e. The van der Waals surface area contributed by atoms with E-state index < -0.39 is 36.2 Å². The second kappa shape index (κ2) is 17.4. The number of carboxylic acids is 1. The zero-order valence-electron chi connectivity index (χ0n) is 16.7. The zero-order valence-corrected chi connectivity index (χ0v) is 18.7. The topological polar surface area (TPSA) is 104 Å². The van der Waals surface area contributed by atoms with E-state index in [-0.39, 0.29) is 42.4 Å². The number of unbranched alkanes of at least 4 members (excludes halogenated alkanes) is 4. The molecular weight excluding hydrogens is 373 g/mol. The van der Waals surface area contributed by atoms with Gasteiger partial charge in [0.1, 0.15) is 0 Å². The molecule has 0 aliphatic heterocycles. The number of nitrogens with zero attached hydrogens (tertiary/aromatic N) is 1. The summed E-state index contributed by atoms with van der Waals surface area (Å²) in [6.07, 6.45) is 7.30. The zero-order chi connectivity index (χ0) is 20.7. The SMILES string of the molecule is C=CCCCCC(=O)N(C(=O)CCCCC=C)C(CC(=O)OC=C)C(=O)[O-].[Na+]. The number of ether oxygens (including phenoxy) is 1. The molecule has 2 amide bonds. The summed E-state index contributed by atoms with van der Waals surface area (Å²) in [4.78, 5) is 48.9. The summed E-state index contributed by atoms with van der Waals surface area (Å²) in [6.45, 7) is 10.4. The Bertz CT molecular complexity index is 533. The molecule has 0 heterocycles. The molecule has 0 saturated heterocycles. The molecule has 150 valence electrons. The van der Waals surface area contributed by atoms with Gasteiger partial charge in [-0.25, -0.2) is 0 Å². The van der Waals surface area contributed by atoms with E-state index in [1.165, 1.54) is 0 Å². The molecule has 0 aromatic rings. The van der Waals surface area contributed by atoms with Crippen LogP contribution in [0, 0.1) is 0 Å². The Morgan fingerprint density at radius 1 is 0.893 bits per heavy atom. The summed E-state index contributed by atoms with van der Waals surface area (Å²) in [6, 6.07) is -1.71. The fraction of sp³-hybridized carbons (Fsp3) is 0.500. The number of hydrogen-bond acceptors (Lipinski definition) is 6. The van der Waals surface area contributed by atoms with Gasteiger partial charge in [-0.05, 0) is 38.5 Å². The summed E-state index contributed by atoms with van der Waals surface area (Å²) in [7, 11) is 0. The number of carbonyl (C=O) groups is 4. The Balaban J connectivity index is 0. The minimum absolute atomic E-state index is 0. The number of allylic oxidation sites excluding steroid dienone is 2. The largest absolute Gasteiger partial charge is 1.00 e. The van der Waals surface area contributed by atoms with Gasteiger partial charge in [0.15, 0.2) is 0 Å². The molecule has 0 rings (SSSR count). The van der Waals surface area contributed by atoms with E-state index in [2.05, 4.69) is 24.5 Å². The number of carbonyl (C=O) groups excluding carboxylic acids is 4. The predicted molar refractivity (Wildman–Crippen MR) is 98.9 cm³/mol. The van der Waals surface area contributed by atoms with E-state index >= 15 is 0 Å². The molecular formula is C20H28NNaO6. The van der Waals surface area contributed by atoms with Crippen molar-refractivity contribution < 1.29 is 58.6 Å². The smallest absolute Gasteiger partial charge is 0.548 e. The molecule has 0 aliphatic rings. The monoisotopic (exact) mass is 401 g/mol. The maximum absolute atomic E-state index is 12.5. The van der Waals surface area contributed by atoms with Crippen LogP contribution in [0.15, 0.2) is 38.2 Å². The second-order valence-corrected chi connectivity index (χ2v) is 5.92. The summed E-state index contributed by atoms with van der Waals surface area (Å²) in [5.74, 6) is -3.89. The van der Waals surface area contributed by atoms with Crippen LogP contribution in [-0.4, -0.2) is 34.7 Å². The standard InChI is InChI=1S/C20H29NO6.Na/c1-4-7-9-11-13-17(22)21(18(23)14-12-10-8-5-2)16(20(25)26)15-19(24)27-6-3;/h4-6,16H,1-3,7-15H2,(H,25,26);/q;+1/p-1. The van der Waals surface area contributed by atoms with Crippen LogP contribution in [0.3, 0.4) is 0 Å². The van der Waals surface area contributed by atoms with Crippen LogP contribution in [0.5, 0.6) is 0 Å². The van der Waals surface area contributed by atoms with Crippen LogP contribution >= 0.6 is 0 Å². The number of amides is 2. The summed E-state index contributed by atoms with van der Waals surface area (Å²) >= 11 is 0. The van der Waals surface area contributed by atoms with Crippen LogP contribution < -0.4 is 34.7 Å². The number of rotatable bonds is 15. The van der Waals surface area contributed by atoms with Gasteiger partial charge in [-0.2, -0.15) is 0 Å². The van der Waals surface area contributed by atoms with Crippen molar-refractivity contribution in [2.24, 2.45) is 0 Å². The number of carboxylic acid groups (broad SMARTS) is 1. The van der Waals surface area contributed by atoms with E-state index in [1.807, 2.05) is 0 Å². The number of hydrogen-bond donors (Lipinski definition) is 0. The van der Waals surface area contributed by atoms with Crippen LogP contribution in [0.2, 0.25) is 0 Å². The first-order valence-corrected chi connectivity index (χ1v) is 8.96. The van der Waals surface area contributed by atoms with Gasteiger partial charge in [0.05, 0.1) is 24.7 Å². The third-order valence-electron chi connectivity index (χ3n) is 3.79. The summed E-state index contributed by atoms with van der Waals surface area (Å²) in [5, 5.41) is 11.5. The predicted octanol–water partition coefficient (Wildman–Crippen LogP) is -0.966. The van der Waals surface area contributed by atoms with E-state index in [4.69, 9.17) is 0 Å². The van der Waals surface area contributed by atoms with Crippen molar-refractivity contribution in [2.75, 3.05) is 0 Å². The molecule has 28 heavy (non-hydrogen) atoms. The molecule has 0 spiro atoms. The van der Waals surface area contributed by atoms with Gasteiger partial charge in [0.25, 0.3) is 0 Å². The van der Waals surface area contributed by atoms with Gasteiger partial charge < -0.3 is 14.6 Å². The Kier molecular flexibility index (Phi) is 17.7. The molecule has 0 saturated carbocycles. The molecule has 0 bridgehead atoms. The molecule has 0 fully saturated rings. The third kappa shape index (κ3) is 11.9. The first-order chi connectivity index (χ1) is 12.9. The normalized spacial score (nSPS) is 10.7. The van der Waals surface area contributed by atoms with Gasteiger partial charge in [0.2, 0.25) is 11.8 Å². The van der Waals surface area contributed by atoms with Gasteiger partial charge in [0, 0.05) is 12.8 Å². The van der Waals surface area contributed by atoms with Gasteiger partial charge >= 0.3 is 35.5 Å². The minimum atomic E-state index is -1.71. The fourth-order valence-electron chi connectivity index (χ4n) is 2.44.